The van der Waals surface area contributed by atoms with Crippen LogP contribution in [0.25, 0.3) is 11.1 Å². The van der Waals surface area contributed by atoms with Crippen LogP contribution in [0.4, 0.5) is 26.1 Å². The molecule has 8 nitrogen and oxygen atoms in total. The van der Waals surface area contributed by atoms with E-state index in [0.29, 0.717) is 41.0 Å². The summed E-state index contributed by atoms with van der Waals surface area (Å²) in [5.74, 6) is -1.52. The van der Waals surface area contributed by atoms with Crippen molar-refractivity contribution < 1.29 is 23.8 Å². The van der Waals surface area contributed by atoms with Gasteiger partial charge in [-0.25, -0.2) is 18.7 Å². The number of benzene rings is 1. The molecule has 1 aliphatic heterocycles. The lowest BCUT2D eigenvalue weighted by molar-refractivity contribution is -0.136. The van der Waals surface area contributed by atoms with Crippen LogP contribution >= 0.6 is 0 Å². The third-order valence-electron chi connectivity index (χ3n) is 7.01. The van der Waals surface area contributed by atoms with Gasteiger partial charge in [-0.1, -0.05) is 26.0 Å². The molecule has 1 aliphatic rings. The summed E-state index contributed by atoms with van der Waals surface area (Å²) in [5.41, 5.74) is 9.76. The molecule has 0 atom stereocenters. The van der Waals surface area contributed by atoms with Gasteiger partial charge in [-0.15, -0.1) is 0 Å². The predicted molar refractivity (Wildman–Crippen MR) is 164 cm³/mol. The normalized spacial score (nSPS) is 14.6. The van der Waals surface area contributed by atoms with E-state index in [2.05, 4.69) is 34.0 Å². The van der Waals surface area contributed by atoms with Crippen LogP contribution in [0.2, 0.25) is 0 Å². The molecule has 5 N–H and O–H groups in total. The Labute approximate surface area is 247 Å². The number of hydrogen-bond acceptors (Lipinski definition) is 7. The van der Waals surface area contributed by atoms with Crippen LogP contribution < -0.4 is 16.0 Å². The summed E-state index contributed by atoms with van der Waals surface area (Å²) < 4.78 is 28.3. The second-order valence-corrected chi connectivity index (χ2v) is 12.5. The molecule has 1 saturated heterocycles. The standard InChI is InChI=1S/C28H33F2N5O2.C4H10O/c1-17-21(15-23(36)37)25(35-12-9-28(2,3)10-13-35)24(26(31)34-17)19-14-22(30)27(33-16-19)32-11-8-18-4-6-20(29)7-5-18;1-4(2,3)5/h4-7,14,16H,8-13,15H2,1-3H3,(H2,31,34)(H,32,33)(H,36,37);5H,1-3H3. The number of anilines is 3. The van der Waals surface area contributed by atoms with Crippen molar-refractivity contribution in [3.63, 3.8) is 0 Å². The minimum absolute atomic E-state index is 0.0940. The number of nitrogen functional groups attached to an aromatic ring is 1. The maximum atomic E-state index is 15.2. The Bertz CT molecular complexity index is 1370. The van der Waals surface area contributed by atoms with Gasteiger partial charge >= 0.3 is 5.97 Å². The Kier molecular flexibility index (Phi) is 10.5. The van der Waals surface area contributed by atoms with E-state index < -0.39 is 17.4 Å². The first-order valence-corrected chi connectivity index (χ1v) is 14.2. The number of hydrogen-bond donors (Lipinski definition) is 4. The molecule has 0 spiro atoms. The summed E-state index contributed by atoms with van der Waals surface area (Å²) in [5, 5.41) is 21.1. The van der Waals surface area contributed by atoms with Crippen LogP contribution in [-0.2, 0) is 17.6 Å². The van der Waals surface area contributed by atoms with Gasteiger partial charge in [0.25, 0.3) is 0 Å². The summed E-state index contributed by atoms with van der Waals surface area (Å²) >= 11 is 0. The molecule has 0 aliphatic carbocycles. The van der Waals surface area contributed by atoms with Gasteiger partial charge in [0.1, 0.15) is 11.6 Å². The third kappa shape index (κ3) is 9.37. The summed E-state index contributed by atoms with van der Waals surface area (Å²) in [7, 11) is 0. The quantitative estimate of drug-likeness (QED) is 0.255. The zero-order valence-electron chi connectivity index (χ0n) is 25.4. The molecular weight excluding hydrogens is 540 g/mol. The van der Waals surface area contributed by atoms with E-state index in [4.69, 9.17) is 10.8 Å². The van der Waals surface area contributed by atoms with E-state index >= 15 is 4.39 Å². The van der Waals surface area contributed by atoms with Gasteiger partial charge in [-0.2, -0.15) is 0 Å². The zero-order valence-corrected chi connectivity index (χ0v) is 25.4. The van der Waals surface area contributed by atoms with Gasteiger partial charge in [-0.05, 0) is 76.1 Å². The van der Waals surface area contributed by atoms with Gasteiger partial charge in [0, 0.05) is 48.2 Å². The Morgan fingerprint density at radius 2 is 1.74 bits per heavy atom. The smallest absolute Gasteiger partial charge is 0.307 e. The number of aliphatic carboxylic acids is 1. The van der Waals surface area contributed by atoms with Gasteiger partial charge in [-0.3, -0.25) is 4.79 Å². The molecule has 1 fully saturated rings. The third-order valence-corrected chi connectivity index (χ3v) is 7.01. The number of piperidine rings is 1. The Morgan fingerprint density at radius 1 is 1.14 bits per heavy atom. The van der Waals surface area contributed by atoms with Gasteiger partial charge in [0.2, 0.25) is 0 Å². The summed E-state index contributed by atoms with van der Waals surface area (Å²) in [4.78, 5) is 22.6. The van der Waals surface area contributed by atoms with Crippen LogP contribution in [0.5, 0.6) is 0 Å². The van der Waals surface area contributed by atoms with Crippen molar-refractivity contribution in [1.82, 2.24) is 9.97 Å². The van der Waals surface area contributed by atoms with Crippen LogP contribution in [0.1, 0.15) is 64.3 Å². The number of aryl methyl sites for hydroxylation is 1. The topological polar surface area (TPSA) is 125 Å². The maximum absolute atomic E-state index is 15.2. The highest BCUT2D eigenvalue weighted by atomic mass is 19.1. The van der Waals surface area contributed by atoms with Crippen LogP contribution in [0, 0.1) is 24.0 Å². The summed E-state index contributed by atoms with van der Waals surface area (Å²) in [6, 6.07) is 7.52. The fraction of sp³-hybridized carbons (Fsp3) is 0.469. The van der Waals surface area contributed by atoms with E-state index in [-0.39, 0.29) is 29.3 Å². The monoisotopic (exact) mass is 583 g/mol. The van der Waals surface area contributed by atoms with Crippen molar-refractivity contribution in [2.24, 2.45) is 5.41 Å². The summed E-state index contributed by atoms with van der Waals surface area (Å²) in [6.45, 7) is 13.3. The van der Waals surface area contributed by atoms with E-state index in [1.54, 1.807) is 39.8 Å². The molecule has 0 radical (unpaired) electrons. The van der Waals surface area contributed by atoms with E-state index in [1.165, 1.54) is 24.4 Å². The Balaban J connectivity index is 0.000000892. The number of nitrogens with two attached hydrogens (primary N) is 1. The molecule has 228 valence electrons. The molecule has 42 heavy (non-hydrogen) atoms. The minimum Gasteiger partial charge on any atom is -0.481 e. The fourth-order valence-electron chi connectivity index (χ4n) is 4.76. The van der Waals surface area contributed by atoms with E-state index in [9.17, 15) is 14.3 Å². The highest BCUT2D eigenvalue weighted by molar-refractivity contribution is 5.90. The van der Waals surface area contributed by atoms with E-state index in [1.807, 2.05) is 0 Å². The van der Waals surface area contributed by atoms with Crippen LogP contribution in [0.15, 0.2) is 36.5 Å². The number of carboxylic acid groups (broad SMARTS) is 1. The van der Waals surface area contributed by atoms with Crippen molar-refractivity contribution in [3.05, 3.63) is 65.0 Å². The number of nitrogens with zero attached hydrogens (tertiary/aromatic N) is 3. The highest BCUT2D eigenvalue weighted by Crippen LogP contribution is 2.42. The Hall–Kier alpha value is -3.79. The first-order valence-electron chi connectivity index (χ1n) is 14.2. The number of nitrogens with one attached hydrogen (secondary N) is 1. The largest absolute Gasteiger partial charge is 0.481 e. The molecule has 2 aromatic heterocycles. The molecule has 1 aromatic carbocycles. The van der Waals surface area contributed by atoms with E-state index in [0.717, 1.165) is 31.5 Å². The zero-order chi connectivity index (χ0) is 31.2. The number of aromatic nitrogens is 2. The molecule has 10 heteroatoms. The molecule has 3 heterocycles. The molecule has 3 aromatic rings. The predicted octanol–water partition coefficient (Wildman–Crippen LogP) is 6.00. The molecule has 0 unspecified atom stereocenters. The maximum Gasteiger partial charge on any atom is 0.307 e. The fourth-order valence-corrected chi connectivity index (χ4v) is 4.76. The van der Waals surface area contributed by atoms with Gasteiger partial charge < -0.3 is 26.2 Å². The Morgan fingerprint density at radius 3 is 2.29 bits per heavy atom. The number of halogens is 2. The highest BCUT2D eigenvalue weighted by Gasteiger charge is 2.30. The van der Waals surface area contributed by atoms with Crippen LogP contribution in [-0.4, -0.2) is 51.4 Å². The van der Waals surface area contributed by atoms with Crippen molar-refractivity contribution in [2.45, 2.75) is 72.8 Å². The van der Waals surface area contributed by atoms with Crippen molar-refractivity contribution in [2.75, 3.05) is 35.6 Å². The number of aliphatic hydroxyl groups is 1. The number of pyridine rings is 2. The van der Waals surface area contributed by atoms with Crippen molar-refractivity contribution in [3.8, 4) is 11.1 Å². The van der Waals surface area contributed by atoms with Crippen LogP contribution in [0.3, 0.4) is 0 Å². The second kappa shape index (κ2) is 13.5. The average molecular weight is 584 g/mol. The van der Waals surface area contributed by atoms with Gasteiger partial charge in [0.15, 0.2) is 11.6 Å². The summed E-state index contributed by atoms with van der Waals surface area (Å²) in [6.07, 6.45) is 3.77. The molecule has 4 rings (SSSR count). The number of rotatable bonds is 8. The van der Waals surface area contributed by atoms with Gasteiger partial charge in [0.05, 0.1) is 17.7 Å². The second-order valence-electron chi connectivity index (χ2n) is 12.5. The lowest BCUT2D eigenvalue weighted by Crippen LogP contribution is -2.38. The number of carboxylic acids is 1. The lowest BCUT2D eigenvalue weighted by atomic mass is 9.82. The van der Waals surface area contributed by atoms with Crippen molar-refractivity contribution >= 4 is 23.3 Å². The molecule has 0 saturated carbocycles. The van der Waals surface area contributed by atoms with Crippen molar-refractivity contribution in [1.29, 1.82) is 0 Å². The molecule has 0 amide bonds. The minimum atomic E-state index is -0.968. The average Bonchev–Trinajstić information content (AvgIpc) is 2.87. The molecule has 0 bridgehead atoms. The first-order chi connectivity index (χ1) is 19.5. The first kappa shape index (κ1) is 32.7. The lowest BCUT2D eigenvalue weighted by Gasteiger charge is -2.40. The SMILES string of the molecule is CC(C)(C)O.Cc1nc(N)c(-c2cnc(NCCc3ccc(F)cc3)c(F)c2)c(N2CCC(C)(C)CC2)c1CC(=O)O. The molecular formula is C32H43F2N5O3. The number of carbonyl (C=O) groups is 1.